The summed E-state index contributed by atoms with van der Waals surface area (Å²) >= 11 is 0. The molecule has 0 aliphatic heterocycles. The Kier molecular flexibility index (Phi) is 5.56. The van der Waals surface area contributed by atoms with Crippen molar-refractivity contribution in [2.45, 2.75) is 33.5 Å². The number of carbonyl (C=O) groups excluding carboxylic acids is 1. The molecule has 0 saturated carbocycles. The molecule has 0 aliphatic rings. The fourth-order valence-electron chi connectivity index (χ4n) is 2.30. The van der Waals surface area contributed by atoms with Crippen LogP contribution in [-0.2, 0) is 24.4 Å². The van der Waals surface area contributed by atoms with Gasteiger partial charge in [-0.1, -0.05) is 0 Å². The molecule has 0 aromatic carbocycles. The normalized spacial score (nSPS) is 10.6. The smallest absolute Gasteiger partial charge is 0.293 e. The number of amides is 1. The molecule has 0 atom stereocenters. The van der Waals surface area contributed by atoms with Crippen molar-refractivity contribution in [3.63, 3.8) is 0 Å². The minimum atomic E-state index is -0.307. The molecule has 0 radical (unpaired) electrons. The predicted octanol–water partition coefficient (Wildman–Crippen LogP) is 1.12. The van der Waals surface area contributed by atoms with Gasteiger partial charge in [0.1, 0.15) is 6.54 Å². The number of methoxy groups -OCH3 is 1. The van der Waals surface area contributed by atoms with Crippen LogP contribution in [-0.4, -0.2) is 38.8 Å². The molecule has 0 bridgehead atoms. The van der Waals surface area contributed by atoms with E-state index in [0.29, 0.717) is 13.1 Å². The maximum absolute atomic E-state index is 12.5. The van der Waals surface area contributed by atoms with E-state index in [1.165, 1.54) is 11.7 Å². The lowest BCUT2D eigenvalue weighted by Crippen LogP contribution is -2.36. The SMILES string of the molecule is CCN(Cc1cnn(CC)c1)C(=O)Cn1cccc(OC)c1=O. The highest BCUT2D eigenvalue weighted by molar-refractivity contribution is 5.76. The summed E-state index contributed by atoms with van der Waals surface area (Å²) < 4.78 is 8.18. The second-order valence-electron chi connectivity index (χ2n) is 5.12. The highest BCUT2D eigenvalue weighted by Gasteiger charge is 2.15. The number of hydrogen-bond donors (Lipinski definition) is 0. The van der Waals surface area contributed by atoms with Gasteiger partial charge in [-0.2, -0.15) is 5.10 Å². The average molecular weight is 318 g/mol. The molecule has 0 N–H and O–H groups in total. The van der Waals surface area contributed by atoms with Gasteiger partial charge in [-0.3, -0.25) is 14.3 Å². The first-order chi connectivity index (χ1) is 11.1. The van der Waals surface area contributed by atoms with Crippen molar-refractivity contribution < 1.29 is 9.53 Å². The lowest BCUT2D eigenvalue weighted by atomic mass is 10.3. The molecular formula is C16H22N4O3. The molecular weight excluding hydrogens is 296 g/mol. The number of aryl methyl sites for hydroxylation is 1. The van der Waals surface area contributed by atoms with Crippen LogP contribution >= 0.6 is 0 Å². The van der Waals surface area contributed by atoms with Gasteiger partial charge in [0, 0.05) is 37.6 Å². The molecule has 1 amide bonds. The van der Waals surface area contributed by atoms with Crippen molar-refractivity contribution in [1.29, 1.82) is 0 Å². The van der Waals surface area contributed by atoms with Crippen LogP contribution in [0.4, 0.5) is 0 Å². The number of rotatable bonds is 7. The third-order valence-electron chi connectivity index (χ3n) is 3.63. The number of hydrogen-bond acceptors (Lipinski definition) is 4. The number of carbonyl (C=O) groups is 1. The second kappa shape index (κ2) is 7.62. The Morgan fingerprint density at radius 3 is 2.78 bits per heavy atom. The minimum Gasteiger partial charge on any atom is -0.491 e. The molecule has 7 nitrogen and oxygen atoms in total. The minimum absolute atomic E-state index is 0.00815. The van der Waals surface area contributed by atoms with Crippen molar-refractivity contribution in [2.24, 2.45) is 0 Å². The number of likely N-dealkylation sites (N-methyl/N-ethyl adjacent to an activating group) is 1. The molecule has 23 heavy (non-hydrogen) atoms. The molecule has 0 saturated heterocycles. The zero-order chi connectivity index (χ0) is 16.8. The first-order valence-electron chi connectivity index (χ1n) is 7.61. The summed E-state index contributed by atoms with van der Waals surface area (Å²) in [5.41, 5.74) is 0.665. The van der Waals surface area contributed by atoms with Crippen LogP contribution < -0.4 is 10.3 Å². The van der Waals surface area contributed by atoms with Gasteiger partial charge in [-0.15, -0.1) is 0 Å². The molecule has 0 aliphatic carbocycles. The molecule has 2 rings (SSSR count). The number of pyridine rings is 1. The third-order valence-corrected chi connectivity index (χ3v) is 3.63. The zero-order valence-electron chi connectivity index (χ0n) is 13.7. The van der Waals surface area contributed by atoms with Crippen LogP contribution in [0.5, 0.6) is 5.75 Å². The Hall–Kier alpha value is -2.57. The Morgan fingerprint density at radius 1 is 1.39 bits per heavy atom. The van der Waals surface area contributed by atoms with E-state index in [1.54, 1.807) is 29.4 Å². The van der Waals surface area contributed by atoms with Crippen LogP contribution in [0, 0.1) is 0 Å². The van der Waals surface area contributed by atoms with E-state index in [1.807, 2.05) is 24.7 Å². The highest BCUT2D eigenvalue weighted by atomic mass is 16.5. The van der Waals surface area contributed by atoms with Crippen LogP contribution in [0.2, 0.25) is 0 Å². The number of aromatic nitrogens is 3. The highest BCUT2D eigenvalue weighted by Crippen LogP contribution is 2.06. The number of ether oxygens (including phenoxy) is 1. The van der Waals surface area contributed by atoms with Crippen LogP contribution in [0.25, 0.3) is 0 Å². The van der Waals surface area contributed by atoms with E-state index in [2.05, 4.69) is 5.10 Å². The summed E-state index contributed by atoms with van der Waals surface area (Å²) in [5, 5.41) is 4.21. The summed E-state index contributed by atoms with van der Waals surface area (Å²) in [6, 6.07) is 3.27. The Morgan fingerprint density at radius 2 is 2.17 bits per heavy atom. The van der Waals surface area contributed by atoms with E-state index in [4.69, 9.17) is 4.74 Å². The predicted molar refractivity (Wildman–Crippen MR) is 86.2 cm³/mol. The van der Waals surface area contributed by atoms with Crippen LogP contribution in [0.15, 0.2) is 35.5 Å². The summed E-state index contributed by atoms with van der Waals surface area (Å²) in [7, 11) is 1.44. The first-order valence-corrected chi connectivity index (χ1v) is 7.61. The van der Waals surface area contributed by atoms with Gasteiger partial charge < -0.3 is 14.2 Å². The van der Waals surface area contributed by atoms with Crippen molar-refractivity contribution in [1.82, 2.24) is 19.2 Å². The molecule has 0 unspecified atom stereocenters. The van der Waals surface area contributed by atoms with Gasteiger partial charge in [0.15, 0.2) is 5.75 Å². The summed E-state index contributed by atoms with van der Waals surface area (Å²) in [6.45, 7) is 5.75. The van der Waals surface area contributed by atoms with Crippen molar-refractivity contribution in [3.05, 3.63) is 46.6 Å². The summed E-state index contributed by atoms with van der Waals surface area (Å²) in [4.78, 5) is 26.3. The molecule has 7 heteroatoms. The standard InChI is InChI=1S/C16H22N4O3/c1-4-18(10-13-9-17-20(5-2)11-13)15(21)12-19-8-6-7-14(23-3)16(19)22/h6-9,11H,4-5,10,12H2,1-3H3. The van der Waals surface area contributed by atoms with Gasteiger partial charge >= 0.3 is 0 Å². The van der Waals surface area contributed by atoms with Crippen LogP contribution in [0.1, 0.15) is 19.4 Å². The maximum Gasteiger partial charge on any atom is 0.293 e. The quantitative estimate of drug-likeness (QED) is 0.767. The molecule has 2 aromatic rings. The van der Waals surface area contributed by atoms with E-state index in [-0.39, 0.29) is 23.8 Å². The van der Waals surface area contributed by atoms with E-state index in [0.717, 1.165) is 12.1 Å². The fourth-order valence-corrected chi connectivity index (χ4v) is 2.30. The van der Waals surface area contributed by atoms with E-state index < -0.39 is 0 Å². The Labute approximate surface area is 135 Å². The van der Waals surface area contributed by atoms with Gasteiger partial charge in [-0.05, 0) is 26.0 Å². The number of nitrogens with zero attached hydrogens (tertiary/aromatic N) is 4. The maximum atomic E-state index is 12.5. The third kappa shape index (κ3) is 4.00. The van der Waals surface area contributed by atoms with Crippen LogP contribution in [0.3, 0.4) is 0 Å². The van der Waals surface area contributed by atoms with E-state index >= 15 is 0 Å². The molecule has 0 fully saturated rings. The van der Waals surface area contributed by atoms with Gasteiger partial charge in [0.25, 0.3) is 5.56 Å². The fraction of sp³-hybridized carbons (Fsp3) is 0.438. The second-order valence-corrected chi connectivity index (χ2v) is 5.12. The summed E-state index contributed by atoms with van der Waals surface area (Å²) in [6.07, 6.45) is 5.27. The lowest BCUT2D eigenvalue weighted by Gasteiger charge is -2.20. The molecule has 2 heterocycles. The lowest BCUT2D eigenvalue weighted by molar-refractivity contribution is -0.132. The molecule has 124 valence electrons. The largest absolute Gasteiger partial charge is 0.491 e. The van der Waals surface area contributed by atoms with Gasteiger partial charge in [-0.25, -0.2) is 0 Å². The first kappa shape index (κ1) is 16.8. The van der Waals surface area contributed by atoms with Gasteiger partial charge in [0.2, 0.25) is 5.91 Å². The molecule has 0 spiro atoms. The topological polar surface area (TPSA) is 69.4 Å². The Balaban J connectivity index is 2.09. The monoisotopic (exact) mass is 318 g/mol. The van der Waals surface area contributed by atoms with Crippen molar-refractivity contribution >= 4 is 5.91 Å². The van der Waals surface area contributed by atoms with Gasteiger partial charge in [0.05, 0.1) is 13.3 Å². The van der Waals surface area contributed by atoms with Crippen molar-refractivity contribution in [2.75, 3.05) is 13.7 Å². The average Bonchev–Trinajstić information content (AvgIpc) is 3.02. The zero-order valence-corrected chi connectivity index (χ0v) is 13.7. The Bertz CT molecular complexity index is 720. The molecule has 2 aromatic heterocycles. The van der Waals surface area contributed by atoms with E-state index in [9.17, 15) is 9.59 Å². The summed E-state index contributed by atoms with van der Waals surface area (Å²) in [5.74, 6) is 0.111. The van der Waals surface area contributed by atoms with Crippen molar-refractivity contribution in [3.8, 4) is 5.75 Å².